The summed E-state index contributed by atoms with van der Waals surface area (Å²) < 4.78 is 22.5. The van der Waals surface area contributed by atoms with Gasteiger partial charge in [0.2, 0.25) is 0 Å². The van der Waals surface area contributed by atoms with Crippen LogP contribution in [0.2, 0.25) is 0 Å². The molecule has 0 aliphatic heterocycles. The van der Waals surface area contributed by atoms with Crippen molar-refractivity contribution in [2.75, 3.05) is 0 Å². The van der Waals surface area contributed by atoms with Gasteiger partial charge in [-0.2, -0.15) is 5.26 Å². The second-order valence-corrected chi connectivity index (χ2v) is 11.6. The Kier molecular flexibility index (Phi) is 6.86. The zero-order chi connectivity index (χ0) is 23.6. The topological polar surface area (TPSA) is 97.8 Å². The molecule has 0 unspecified atom stereocenters. The Bertz CT molecular complexity index is 1310. The summed E-state index contributed by atoms with van der Waals surface area (Å²) in [5.74, 6) is 0. The molecular weight excluding hydrogens is 500 g/mol. The summed E-state index contributed by atoms with van der Waals surface area (Å²) >= 11 is 2.16. The van der Waals surface area contributed by atoms with Gasteiger partial charge in [0.25, 0.3) is 0 Å². The summed E-state index contributed by atoms with van der Waals surface area (Å²) in [7, 11) is 0. The largest absolute Gasteiger partial charge is 0.598 e. The maximum absolute atomic E-state index is 13.1. The van der Waals surface area contributed by atoms with Gasteiger partial charge in [-0.05, 0) is 56.7 Å². The molecule has 0 spiro atoms. The molecule has 0 saturated carbocycles. The van der Waals surface area contributed by atoms with Gasteiger partial charge in [-0.3, -0.25) is 4.98 Å². The van der Waals surface area contributed by atoms with Gasteiger partial charge in [0.1, 0.15) is 16.5 Å². The van der Waals surface area contributed by atoms with E-state index < -0.39 is 16.1 Å². The number of nitrogens with one attached hydrogen (secondary N) is 1. The normalized spacial score (nSPS) is 13.6. The minimum Gasteiger partial charge on any atom is -0.598 e. The van der Waals surface area contributed by atoms with Gasteiger partial charge >= 0.3 is 0 Å². The summed E-state index contributed by atoms with van der Waals surface area (Å²) in [6, 6.07) is 19.1. The van der Waals surface area contributed by atoms with E-state index in [0.717, 1.165) is 32.4 Å². The van der Waals surface area contributed by atoms with Gasteiger partial charge in [-0.1, -0.05) is 45.4 Å². The minimum atomic E-state index is -1.31. The van der Waals surface area contributed by atoms with E-state index in [1.807, 2.05) is 69.3 Å². The van der Waals surface area contributed by atoms with Crippen molar-refractivity contribution in [2.45, 2.75) is 38.0 Å². The third-order valence-corrected chi connectivity index (χ3v) is 7.30. The summed E-state index contributed by atoms with van der Waals surface area (Å²) in [5, 5.41) is 14.3. The molecule has 33 heavy (non-hydrogen) atoms. The lowest BCUT2D eigenvalue weighted by atomic mass is 9.94. The van der Waals surface area contributed by atoms with Crippen LogP contribution >= 0.6 is 15.9 Å². The standard InChI is InChI=1S/C25H23BrN4O2S/c1-25(2,3)33(31)30-22(13-18-10-8-16(14-27)15-28-18)19-6-4-5-7-20(19)24-21-11-9-17(26)12-23(21)32-29-24/h4-12,15,22,30H,13H2,1-3H3/t22-,33-/m0/s1. The summed E-state index contributed by atoms with van der Waals surface area (Å²) in [5.41, 5.74) is 4.55. The highest BCUT2D eigenvalue weighted by Crippen LogP contribution is 2.35. The van der Waals surface area contributed by atoms with E-state index in [1.54, 1.807) is 12.3 Å². The van der Waals surface area contributed by atoms with E-state index in [1.165, 1.54) is 0 Å². The van der Waals surface area contributed by atoms with Crippen molar-refractivity contribution in [1.29, 1.82) is 5.26 Å². The number of halogens is 1. The first kappa shape index (κ1) is 23.5. The molecule has 6 nitrogen and oxygen atoms in total. The van der Waals surface area contributed by atoms with E-state index >= 15 is 0 Å². The summed E-state index contributed by atoms with van der Waals surface area (Å²) in [4.78, 5) is 4.44. The molecule has 2 aromatic heterocycles. The first-order valence-corrected chi connectivity index (χ1v) is 12.4. The van der Waals surface area contributed by atoms with Crippen LogP contribution in [0.5, 0.6) is 0 Å². The molecule has 168 valence electrons. The van der Waals surface area contributed by atoms with Crippen molar-refractivity contribution in [3.8, 4) is 17.3 Å². The highest BCUT2D eigenvalue weighted by Gasteiger charge is 2.31. The predicted octanol–water partition coefficient (Wildman–Crippen LogP) is 5.86. The van der Waals surface area contributed by atoms with Crippen LogP contribution in [0.3, 0.4) is 0 Å². The van der Waals surface area contributed by atoms with Crippen LogP contribution in [-0.2, 0) is 17.8 Å². The smallest absolute Gasteiger partial charge is 0.168 e. The van der Waals surface area contributed by atoms with Gasteiger partial charge in [-0.15, -0.1) is 4.72 Å². The zero-order valence-electron chi connectivity index (χ0n) is 18.5. The molecule has 0 radical (unpaired) electrons. The fourth-order valence-electron chi connectivity index (χ4n) is 3.46. The molecule has 2 atom stereocenters. The Morgan fingerprint density at radius 2 is 1.97 bits per heavy atom. The highest BCUT2D eigenvalue weighted by molar-refractivity contribution is 9.10. The van der Waals surface area contributed by atoms with Gasteiger partial charge in [0.05, 0.1) is 11.6 Å². The van der Waals surface area contributed by atoms with Crippen molar-refractivity contribution in [3.63, 3.8) is 0 Å². The molecule has 0 aliphatic rings. The van der Waals surface area contributed by atoms with Crippen molar-refractivity contribution < 1.29 is 9.08 Å². The molecule has 0 bridgehead atoms. The van der Waals surface area contributed by atoms with Gasteiger partial charge < -0.3 is 9.08 Å². The molecule has 8 heteroatoms. The first-order valence-electron chi connectivity index (χ1n) is 10.4. The Labute approximate surface area is 204 Å². The van der Waals surface area contributed by atoms with Crippen LogP contribution in [0, 0.1) is 11.3 Å². The lowest BCUT2D eigenvalue weighted by Gasteiger charge is -2.29. The van der Waals surface area contributed by atoms with Gasteiger partial charge in [0.15, 0.2) is 5.58 Å². The maximum Gasteiger partial charge on any atom is 0.168 e. The van der Waals surface area contributed by atoms with Crippen molar-refractivity contribution in [3.05, 3.63) is 82.1 Å². The molecule has 0 fully saturated rings. The van der Waals surface area contributed by atoms with Crippen LogP contribution in [-0.4, -0.2) is 19.4 Å². The number of nitriles is 1. The molecule has 2 aromatic carbocycles. The lowest BCUT2D eigenvalue weighted by molar-refractivity contribution is 0.459. The molecule has 0 aliphatic carbocycles. The number of hydrogen-bond acceptors (Lipinski definition) is 6. The maximum atomic E-state index is 13.1. The van der Waals surface area contributed by atoms with Crippen LogP contribution in [0.15, 0.2) is 69.8 Å². The van der Waals surface area contributed by atoms with Crippen LogP contribution in [0.25, 0.3) is 22.2 Å². The molecule has 0 saturated heterocycles. The fraction of sp³-hybridized carbons (Fsp3) is 0.240. The SMILES string of the molecule is CC(C)(C)[S@+]([O-])N[C@@H](Cc1ccc(C#N)cn1)c1ccccc1-c1noc2cc(Br)ccc12. The lowest BCUT2D eigenvalue weighted by Crippen LogP contribution is -2.42. The Morgan fingerprint density at radius 3 is 2.67 bits per heavy atom. The fourth-order valence-corrected chi connectivity index (χ4v) is 4.63. The Hall–Kier alpha value is -2.70. The quantitative estimate of drug-likeness (QED) is 0.318. The number of pyridine rings is 1. The minimum absolute atomic E-state index is 0.302. The predicted molar refractivity (Wildman–Crippen MR) is 134 cm³/mol. The number of fused-ring (bicyclic) bond motifs is 1. The molecule has 2 heterocycles. The van der Waals surface area contributed by atoms with E-state index in [-0.39, 0.29) is 6.04 Å². The van der Waals surface area contributed by atoms with E-state index in [2.05, 4.69) is 36.9 Å². The Balaban J connectivity index is 1.78. The average Bonchev–Trinajstić information content (AvgIpc) is 3.21. The summed E-state index contributed by atoms with van der Waals surface area (Å²) in [6.07, 6.45) is 2.05. The van der Waals surface area contributed by atoms with Crippen molar-refractivity contribution in [1.82, 2.24) is 14.9 Å². The van der Waals surface area contributed by atoms with E-state index in [0.29, 0.717) is 17.6 Å². The highest BCUT2D eigenvalue weighted by atomic mass is 79.9. The van der Waals surface area contributed by atoms with Crippen LogP contribution in [0.4, 0.5) is 0 Å². The number of rotatable bonds is 6. The monoisotopic (exact) mass is 522 g/mol. The van der Waals surface area contributed by atoms with E-state index in [9.17, 15) is 4.55 Å². The van der Waals surface area contributed by atoms with Crippen LogP contribution < -0.4 is 4.72 Å². The second kappa shape index (κ2) is 9.65. The number of nitrogens with zero attached hydrogens (tertiary/aromatic N) is 3. The number of hydrogen-bond donors (Lipinski definition) is 1. The van der Waals surface area contributed by atoms with Gasteiger partial charge in [0, 0.05) is 45.1 Å². The van der Waals surface area contributed by atoms with Gasteiger partial charge in [-0.25, -0.2) is 0 Å². The van der Waals surface area contributed by atoms with E-state index in [4.69, 9.17) is 9.78 Å². The Morgan fingerprint density at radius 1 is 1.18 bits per heavy atom. The molecule has 4 rings (SSSR count). The zero-order valence-corrected chi connectivity index (χ0v) is 20.9. The van der Waals surface area contributed by atoms with Crippen molar-refractivity contribution >= 4 is 38.3 Å². The third-order valence-electron chi connectivity index (χ3n) is 5.20. The summed E-state index contributed by atoms with van der Waals surface area (Å²) in [6.45, 7) is 5.80. The number of benzene rings is 2. The molecular formula is C25H23BrN4O2S. The second-order valence-electron chi connectivity index (χ2n) is 8.66. The molecule has 0 amide bonds. The molecule has 1 N–H and O–H groups in total. The van der Waals surface area contributed by atoms with Crippen LogP contribution in [0.1, 0.15) is 43.6 Å². The molecule has 4 aromatic rings. The third kappa shape index (κ3) is 5.28. The average molecular weight is 523 g/mol. The first-order chi connectivity index (χ1) is 15.8. The van der Waals surface area contributed by atoms with Crippen molar-refractivity contribution in [2.24, 2.45) is 0 Å². The number of aromatic nitrogens is 2.